The van der Waals surface area contributed by atoms with Crippen LogP contribution in [-0.2, 0) is 0 Å². The predicted octanol–water partition coefficient (Wildman–Crippen LogP) is 3.40. The minimum absolute atomic E-state index is 0.0868. The zero-order valence-electron chi connectivity index (χ0n) is 11.6. The molecule has 1 heterocycles. The zero-order valence-corrected chi connectivity index (χ0v) is 11.6. The summed E-state index contributed by atoms with van der Waals surface area (Å²) in [5.41, 5.74) is 1.73. The highest BCUT2D eigenvalue weighted by molar-refractivity contribution is 5.90. The van der Waals surface area contributed by atoms with Crippen LogP contribution in [0.3, 0.4) is 0 Å². The van der Waals surface area contributed by atoms with Crippen LogP contribution < -0.4 is 4.74 Å². The van der Waals surface area contributed by atoms with E-state index in [1.54, 1.807) is 18.2 Å². The molecule has 1 N–H and O–H groups in total. The van der Waals surface area contributed by atoms with Crippen molar-refractivity contribution >= 4 is 5.97 Å². The van der Waals surface area contributed by atoms with Crippen molar-refractivity contribution in [2.75, 3.05) is 0 Å². The van der Waals surface area contributed by atoms with Gasteiger partial charge in [-0.25, -0.2) is 9.78 Å². The number of carboxylic acids is 1. The second-order valence-electron chi connectivity index (χ2n) is 4.77. The Labute approximate surface area is 117 Å². The molecule has 104 valence electrons. The molecule has 0 spiro atoms. The van der Waals surface area contributed by atoms with Crippen molar-refractivity contribution in [1.82, 2.24) is 9.97 Å². The van der Waals surface area contributed by atoms with Crippen LogP contribution in [0.4, 0.5) is 0 Å². The Kier molecular flexibility index (Phi) is 3.98. The number of nitrogens with zero attached hydrogens (tertiary/aromatic N) is 2. The molecule has 5 heteroatoms. The first-order valence-corrected chi connectivity index (χ1v) is 6.33. The zero-order chi connectivity index (χ0) is 14.7. The van der Waals surface area contributed by atoms with E-state index in [1.807, 2.05) is 26.8 Å². The maximum atomic E-state index is 11.1. The Balaban J connectivity index is 2.38. The van der Waals surface area contributed by atoms with E-state index in [4.69, 9.17) is 9.84 Å². The van der Waals surface area contributed by atoms with Crippen molar-refractivity contribution in [1.29, 1.82) is 0 Å². The molecule has 0 fully saturated rings. The largest absolute Gasteiger partial charge is 0.478 e. The number of aryl methyl sites for hydroxylation is 1. The molecule has 2 aromatic rings. The number of aromatic carboxylic acids is 1. The number of hydrogen-bond acceptors (Lipinski definition) is 4. The summed E-state index contributed by atoms with van der Waals surface area (Å²) in [7, 11) is 0. The van der Waals surface area contributed by atoms with E-state index >= 15 is 0 Å². The minimum Gasteiger partial charge on any atom is -0.478 e. The van der Waals surface area contributed by atoms with Crippen LogP contribution in [0.1, 0.15) is 41.5 Å². The van der Waals surface area contributed by atoms with Crippen LogP contribution in [0.5, 0.6) is 11.8 Å². The number of para-hydroxylation sites is 1. The third-order valence-electron chi connectivity index (χ3n) is 2.76. The van der Waals surface area contributed by atoms with Crippen LogP contribution in [0.15, 0.2) is 30.3 Å². The fraction of sp³-hybridized carbons (Fsp3) is 0.267. The lowest BCUT2D eigenvalue weighted by molar-refractivity contribution is 0.0694. The van der Waals surface area contributed by atoms with Crippen molar-refractivity contribution in [2.45, 2.75) is 26.7 Å². The van der Waals surface area contributed by atoms with Crippen LogP contribution in [0.2, 0.25) is 0 Å². The number of ether oxygens (including phenoxy) is 1. The molecule has 0 amide bonds. The van der Waals surface area contributed by atoms with Crippen molar-refractivity contribution in [3.05, 3.63) is 47.3 Å². The molecule has 1 aromatic carbocycles. The van der Waals surface area contributed by atoms with Gasteiger partial charge in [-0.3, -0.25) is 0 Å². The second kappa shape index (κ2) is 5.69. The summed E-state index contributed by atoms with van der Waals surface area (Å²) in [5, 5.41) is 9.12. The van der Waals surface area contributed by atoms with Gasteiger partial charge in [0, 0.05) is 5.69 Å². The Morgan fingerprint density at radius 1 is 1.25 bits per heavy atom. The molecule has 0 saturated carbocycles. The third-order valence-corrected chi connectivity index (χ3v) is 2.76. The first kappa shape index (κ1) is 14.0. The van der Waals surface area contributed by atoms with Gasteiger partial charge in [0.1, 0.15) is 11.3 Å². The maximum absolute atomic E-state index is 11.1. The molecular formula is C15H16N2O3. The lowest BCUT2D eigenvalue weighted by Gasteiger charge is -2.10. The lowest BCUT2D eigenvalue weighted by atomic mass is 10.1. The molecule has 0 aliphatic rings. The molecule has 0 bridgehead atoms. The number of carboxylic acid groups (broad SMARTS) is 1. The molecule has 0 aliphatic heterocycles. The van der Waals surface area contributed by atoms with Gasteiger partial charge < -0.3 is 9.84 Å². The van der Waals surface area contributed by atoms with E-state index in [0.29, 0.717) is 0 Å². The topological polar surface area (TPSA) is 72.3 Å². The number of rotatable bonds is 4. The van der Waals surface area contributed by atoms with Gasteiger partial charge >= 0.3 is 12.0 Å². The van der Waals surface area contributed by atoms with Gasteiger partial charge in [0.05, 0.1) is 5.69 Å². The Hall–Kier alpha value is -2.43. The maximum Gasteiger partial charge on any atom is 0.339 e. The van der Waals surface area contributed by atoms with Crippen LogP contribution in [0, 0.1) is 6.92 Å². The van der Waals surface area contributed by atoms with E-state index in [9.17, 15) is 4.79 Å². The SMILES string of the molecule is Cc1cc(C(C)C)nc(Oc2ccccc2C(=O)O)n1. The van der Waals surface area contributed by atoms with E-state index in [0.717, 1.165) is 11.4 Å². The summed E-state index contributed by atoms with van der Waals surface area (Å²) in [5.74, 6) is -0.564. The van der Waals surface area contributed by atoms with E-state index < -0.39 is 5.97 Å². The molecule has 20 heavy (non-hydrogen) atoms. The van der Waals surface area contributed by atoms with Crippen molar-refractivity contribution < 1.29 is 14.6 Å². The average Bonchev–Trinajstić information content (AvgIpc) is 2.38. The highest BCUT2D eigenvalue weighted by Gasteiger charge is 2.13. The molecule has 0 unspecified atom stereocenters. The minimum atomic E-state index is -1.04. The molecular weight excluding hydrogens is 256 g/mol. The van der Waals surface area contributed by atoms with Crippen molar-refractivity contribution in [3.63, 3.8) is 0 Å². The van der Waals surface area contributed by atoms with E-state index in [2.05, 4.69) is 9.97 Å². The lowest BCUT2D eigenvalue weighted by Crippen LogP contribution is -2.03. The predicted molar refractivity (Wildman–Crippen MR) is 74.3 cm³/mol. The van der Waals surface area contributed by atoms with Gasteiger partial charge in [-0.05, 0) is 31.0 Å². The number of aromatic nitrogens is 2. The summed E-state index contributed by atoms with van der Waals surface area (Å²) in [6.07, 6.45) is 0. The smallest absolute Gasteiger partial charge is 0.339 e. The third kappa shape index (κ3) is 3.12. The Morgan fingerprint density at radius 3 is 2.60 bits per heavy atom. The van der Waals surface area contributed by atoms with E-state index in [-0.39, 0.29) is 23.2 Å². The summed E-state index contributed by atoms with van der Waals surface area (Å²) < 4.78 is 5.54. The summed E-state index contributed by atoms with van der Waals surface area (Å²) in [6, 6.07) is 8.48. The van der Waals surface area contributed by atoms with Gasteiger partial charge in [-0.1, -0.05) is 26.0 Å². The number of carbonyl (C=O) groups is 1. The standard InChI is InChI=1S/C15H16N2O3/c1-9(2)12-8-10(3)16-15(17-12)20-13-7-5-4-6-11(13)14(18)19/h4-9H,1-3H3,(H,18,19). The summed E-state index contributed by atoms with van der Waals surface area (Å²) in [6.45, 7) is 5.90. The van der Waals surface area contributed by atoms with Crippen LogP contribution >= 0.6 is 0 Å². The Bertz CT molecular complexity index is 639. The van der Waals surface area contributed by atoms with Crippen molar-refractivity contribution in [2.24, 2.45) is 0 Å². The first-order valence-electron chi connectivity index (χ1n) is 6.33. The van der Waals surface area contributed by atoms with Gasteiger partial charge in [0.25, 0.3) is 0 Å². The van der Waals surface area contributed by atoms with Gasteiger partial charge in [-0.2, -0.15) is 4.98 Å². The molecule has 0 radical (unpaired) electrons. The number of hydrogen-bond donors (Lipinski definition) is 1. The molecule has 0 atom stereocenters. The van der Waals surface area contributed by atoms with Crippen LogP contribution in [0.25, 0.3) is 0 Å². The first-order chi connectivity index (χ1) is 9.47. The fourth-order valence-corrected chi connectivity index (χ4v) is 1.74. The molecule has 5 nitrogen and oxygen atoms in total. The van der Waals surface area contributed by atoms with Gasteiger partial charge in [0.15, 0.2) is 0 Å². The second-order valence-corrected chi connectivity index (χ2v) is 4.77. The van der Waals surface area contributed by atoms with Crippen molar-refractivity contribution in [3.8, 4) is 11.8 Å². The van der Waals surface area contributed by atoms with Gasteiger partial charge in [-0.15, -0.1) is 0 Å². The number of benzene rings is 1. The molecule has 2 rings (SSSR count). The average molecular weight is 272 g/mol. The normalized spacial score (nSPS) is 10.6. The van der Waals surface area contributed by atoms with Gasteiger partial charge in [0.2, 0.25) is 0 Å². The quantitative estimate of drug-likeness (QED) is 0.923. The summed E-state index contributed by atoms with van der Waals surface area (Å²) in [4.78, 5) is 19.6. The molecule has 0 saturated heterocycles. The fourth-order valence-electron chi connectivity index (χ4n) is 1.74. The van der Waals surface area contributed by atoms with Crippen LogP contribution in [-0.4, -0.2) is 21.0 Å². The Morgan fingerprint density at radius 2 is 1.95 bits per heavy atom. The van der Waals surface area contributed by atoms with E-state index in [1.165, 1.54) is 6.07 Å². The molecule has 1 aromatic heterocycles. The monoisotopic (exact) mass is 272 g/mol. The highest BCUT2D eigenvalue weighted by atomic mass is 16.5. The molecule has 0 aliphatic carbocycles. The summed E-state index contributed by atoms with van der Waals surface area (Å²) >= 11 is 0. The highest BCUT2D eigenvalue weighted by Crippen LogP contribution is 2.24.